The molecular formula is C13H18N4O. The van der Waals surface area contributed by atoms with Crippen molar-refractivity contribution in [3.05, 3.63) is 41.2 Å². The molecule has 1 aromatic carbocycles. The van der Waals surface area contributed by atoms with E-state index in [0.717, 1.165) is 17.0 Å². The second-order valence-corrected chi connectivity index (χ2v) is 4.23. The number of hydrogen-bond donors (Lipinski definition) is 1. The van der Waals surface area contributed by atoms with Crippen molar-refractivity contribution in [1.82, 2.24) is 20.3 Å². The second kappa shape index (κ2) is 5.18. The van der Waals surface area contributed by atoms with Crippen molar-refractivity contribution in [2.75, 3.05) is 14.2 Å². The molecule has 0 bridgehead atoms. The summed E-state index contributed by atoms with van der Waals surface area (Å²) in [4.78, 5) is 1.56. The molecule has 0 aliphatic heterocycles. The van der Waals surface area contributed by atoms with Crippen LogP contribution in [0.15, 0.2) is 24.4 Å². The molecule has 5 heteroatoms. The summed E-state index contributed by atoms with van der Waals surface area (Å²) in [5.41, 5.74) is 3.14. The Morgan fingerprint density at radius 1 is 1.39 bits per heavy atom. The summed E-state index contributed by atoms with van der Waals surface area (Å²) in [6.07, 6.45) is 1.77. The van der Waals surface area contributed by atoms with Gasteiger partial charge in [-0.25, -0.2) is 0 Å². The molecule has 0 fully saturated rings. The minimum absolute atomic E-state index is 0.0199. The molecule has 5 nitrogen and oxygen atoms in total. The molecule has 1 heterocycles. The number of nitrogens with one attached hydrogen (secondary N) is 1. The van der Waals surface area contributed by atoms with Crippen molar-refractivity contribution in [1.29, 1.82) is 0 Å². The molecule has 1 aromatic heterocycles. The largest absolute Gasteiger partial charge is 0.496 e. The van der Waals surface area contributed by atoms with E-state index in [1.54, 1.807) is 18.1 Å². The Balaban J connectivity index is 2.47. The number of aromatic nitrogens is 3. The lowest BCUT2D eigenvalue weighted by Crippen LogP contribution is -2.19. The van der Waals surface area contributed by atoms with Crippen LogP contribution in [0, 0.1) is 6.92 Å². The van der Waals surface area contributed by atoms with Gasteiger partial charge in [0.05, 0.1) is 19.3 Å². The molecule has 0 aliphatic rings. The molecule has 1 unspecified atom stereocenters. The zero-order valence-electron chi connectivity index (χ0n) is 11.1. The van der Waals surface area contributed by atoms with Gasteiger partial charge in [0.15, 0.2) is 0 Å². The third-order valence-electron chi connectivity index (χ3n) is 2.90. The SMILES string of the molecule is CNC(c1cnn(C)n1)c1cc(C)ccc1OC. The van der Waals surface area contributed by atoms with Crippen molar-refractivity contribution < 1.29 is 4.74 Å². The van der Waals surface area contributed by atoms with Crippen LogP contribution < -0.4 is 10.1 Å². The molecule has 0 amide bonds. The zero-order chi connectivity index (χ0) is 13.1. The highest BCUT2D eigenvalue weighted by Crippen LogP contribution is 2.29. The molecule has 1 N–H and O–H groups in total. The standard InChI is InChI=1S/C13H18N4O/c1-9-5-6-12(18-4)10(7-9)13(14-2)11-8-15-17(3)16-11/h5-8,13-14H,1-4H3. The molecule has 18 heavy (non-hydrogen) atoms. The summed E-state index contributed by atoms with van der Waals surface area (Å²) in [5.74, 6) is 0.852. The lowest BCUT2D eigenvalue weighted by molar-refractivity contribution is 0.404. The minimum Gasteiger partial charge on any atom is -0.496 e. The number of hydrogen-bond acceptors (Lipinski definition) is 4. The van der Waals surface area contributed by atoms with Crippen molar-refractivity contribution in [3.8, 4) is 5.75 Å². The Morgan fingerprint density at radius 2 is 2.17 bits per heavy atom. The van der Waals surface area contributed by atoms with E-state index < -0.39 is 0 Å². The number of nitrogens with zero attached hydrogens (tertiary/aromatic N) is 3. The average molecular weight is 246 g/mol. The van der Waals surface area contributed by atoms with Gasteiger partial charge in [-0.15, -0.1) is 0 Å². The molecule has 2 aromatic rings. The van der Waals surface area contributed by atoms with Crippen molar-refractivity contribution >= 4 is 0 Å². The highest BCUT2D eigenvalue weighted by atomic mass is 16.5. The Morgan fingerprint density at radius 3 is 2.72 bits per heavy atom. The predicted molar refractivity (Wildman–Crippen MR) is 69.6 cm³/mol. The minimum atomic E-state index is -0.0199. The quantitative estimate of drug-likeness (QED) is 0.887. The van der Waals surface area contributed by atoms with Crippen LogP contribution in [-0.4, -0.2) is 29.2 Å². The first kappa shape index (κ1) is 12.6. The fraction of sp³-hybridized carbons (Fsp3) is 0.385. The first-order valence-corrected chi connectivity index (χ1v) is 5.83. The normalized spacial score (nSPS) is 12.4. The maximum absolute atomic E-state index is 5.42. The van der Waals surface area contributed by atoms with Gasteiger partial charge < -0.3 is 10.1 Å². The summed E-state index contributed by atoms with van der Waals surface area (Å²) >= 11 is 0. The predicted octanol–water partition coefficient (Wildman–Crippen LogP) is 1.44. The van der Waals surface area contributed by atoms with Gasteiger partial charge in [0.1, 0.15) is 11.4 Å². The third-order valence-corrected chi connectivity index (χ3v) is 2.90. The molecule has 2 rings (SSSR count). The summed E-state index contributed by atoms with van der Waals surface area (Å²) in [6.45, 7) is 2.06. The first-order chi connectivity index (χ1) is 8.65. The van der Waals surface area contributed by atoms with Crippen LogP contribution in [0.1, 0.15) is 22.9 Å². The Bertz CT molecular complexity index is 536. The highest BCUT2D eigenvalue weighted by Gasteiger charge is 2.19. The average Bonchev–Trinajstić information content (AvgIpc) is 2.77. The van der Waals surface area contributed by atoms with E-state index in [0.29, 0.717) is 0 Å². The smallest absolute Gasteiger partial charge is 0.124 e. The number of aryl methyl sites for hydroxylation is 2. The van der Waals surface area contributed by atoms with Crippen LogP contribution in [0.5, 0.6) is 5.75 Å². The molecule has 0 radical (unpaired) electrons. The van der Waals surface area contributed by atoms with Crippen LogP contribution in [0.4, 0.5) is 0 Å². The van der Waals surface area contributed by atoms with Gasteiger partial charge in [-0.2, -0.15) is 15.0 Å². The van der Waals surface area contributed by atoms with Gasteiger partial charge in [-0.05, 0) is 20.0 Å². The maximum atomic E-state index is 5.42. The molecule has 0 spiro atoms. The van der Waals surface area contributed by atoms with Crippen molar-refractivity contribution in [3.63, 3.8) is 0 Å². The fourth-order valence-corrected chi connectivity index (χ4v) is 2.04. The van der Waals surface area contributed by atoms with Crippen LogP contribution >= 0.6 is 0 Å². The van der Waals surface area contributed by atoms with Crippen molar-refractivity contribution in [2.24, 2.45) is 7.05 Å². The van der Waals surface area contributed by atoms with Gasteiger partial charge in [0.25, 0.3) is 0 Å². The van der Waals surface area contributed by atoms with E-state index in [1.165, 1.54) is 5.56 Å². The monoisotopic (exact) mass is 246 g/mol. The maximum Gasteiger partial charge on any atom is 0.124 e. The van der Waals surface area contributed by atoms with Crippen LogP contribution in [-0.2, 0) is 7.05 Å². The van der Waals surface area contributed by atoms with Crippen molar-refractivity contribution in [2.45, 2.75) is 13.0 Å². The molecule has 96 valence electrons. The van der Waals surface area contributed by atoms with Crippen LogP contribution in [0.25, 0.3) is 0 Å². The van der Waals surface area contributed by atoms with Gasteiger partial charge in [0.2, 0.25) is 0 Å². The van der Waals surface area contributed by atoms with E-state index in [4.69, 9.17) is 4.74 Å². The molecular weight excluding hydrogens is 228 g/mol. The number of rotatable bonds is 4. The Labute approximate surface area is 107 Å². The van der Waals surface area contributed by atoms with Gasteiger partial charge in [-0.3, -0.25) is 0 Å². The van der Waals surface area contributed by atoms with Gasteiger partial charge in [-0.1, -0.05) is 17.7 Å². The molecule has 0 aliphatic carbocycles. The Hall–Kier alpha value is -1.88. The van der Waals surface area contributed by atoms with Gasteiger partial charge in [0, 0.05) is 12.6 Å². The summed E-state index contributed by atoms with van der Waals surface area (Å²) in [6, 6.07) is 6.10. The van der Waals surface area contributed by atoms with Crippen LogP contribution in [0.2, 0.25) is 0 Å². The molecule has 0 saturated carbocycles. The lowest BCUT2D eigenvalue weighted by atomic mass is 10.0. The summed E-state index contributed by atoms with van der Waals surface area (Å²) in [7, 11) is 5.39. The van der Waals surface area contributed by atoms with Crippen LogP contribution in [0.3, 0.4) is 0 Å². The number of ether oxygens (including phenoxy) is 1. The van der Waals surface area contributed by atoms with E-state index in [1.807, 2.05) is 26.2 Å². The van der Waals surface area contributed by atoms with E-state index in [-0.39, 0.29) is 6.04 Å². The summed E-state index contributed by atoms with van der Waals surface area (Å²) < 4.78 is 5.42. The molecule has 0 saturated heterocycles. The fourth-order valence-electron chi connectivity index (χ4n) is 2.04. The van der Waals surface area contributed by atoms with Gasteiger partial charge >= 0.3 is 0 Å². The zero-order valence-corrected chi connectivity index (χ0v) is 11.1. The second-order valence-electron chi connectivity index (χ2n) is 4.23. The van der Waals surface area contributed by atoms with E-state index >= 15 is 0 Å². The lowest BCUT2D eigenvalue weighted by Gasteiger charge is -2.17. The molecule has 1 atom stereocenters. The number of methoxy groups -OCH3 is 1. The summed E-state index contributed by atoms with van der Waals surface area (Å²) in [5, 5.41) is 11.7. The highest BCUT2D eigenvalue weighted by molar-refractivity contribution is 5.42. The van der Waals surface area contributed by atoms with E-state index in [9.17, 15) is 0 Å². The topological polar surface area (TPSA) is 52.0 Å². The number of benzene rings is 1. The first-order valence-electron chi connectivity index (χ1n) is 5.83. The Kier molecular flexibility index (Phi) is 3.62. The third kappa shape index (κ3) is 2.36. The van der Waals surface area contributed by atoms with E-state index in [2.05, 4.69) is 28.5 Å².